The summed E-state index contributed by atoms with van der Waals surface area (Å²) in [6.07, 6.45) is 0. The second-order valence-electron chi connectivity index (χ2n) is 3.14. The maximum absolute atomic E-state index is 11.3. The Labute approximate surface area is 116 Å². The molecule has 1 rings (SSSR count). The van der Waals surface area contributed by atoms with Crippen LogP contribution in [-0.2, 0) is 9.53 Å². The summed E-state index contributed by atoms with van der Waals surface area (Å²) in [4.78, 5) is 22.3. The molecule has 1 aromatic rings. The van der Waals surface area contributed by atoms with Gasteiger partial charge >= 0.3 is 11.9 Å². The van der Waals surface area contributed by atoms with Gasteiger partial charge in [0.05, 0.1) is 16.4 Å². The summed E-state index contributed by atoms with van der Waals surface area (Å²) in [6.45, 7) is 1.30. The number of ether oxygens (including phenoxy) is 2. The fraction of sp³-hybridized carbons (Fsp3) is 0.273. The first-order chi connectivity index (χ1) is 7.95. The van der Waals surface area contributed by atoms with Crippen molar-refractivity contribution in [3.05, 3.63) is 29.3 Å². The van der Waals surface area contributed by atoms with Crippen LogP contribution in [0.3, 0.4) is 0 Å². The summed E-state index contributed by atoms with van der Waals surface area (Å²) in [5.74, 6) is -0.612. The highest BCUT2D eigenvalue weighted by atomic mass is 79.9. The van der Waals surface area contributed by atoms with Crippen molar-refractivity contribution < 1.29 is 19.1 Å². The second kappa shape index (κ2) is 6.16. The molecule has 0 amide bonds. The van der Waals surface area contributed by atoms with Gasteiger partial charge in [-0.25, -0.2) is 4.79 Å². The van der Waals surface area contributed by atoms with Gasteiger partial charge in [0.2, 0.25) is 0 Å². The Hall–Kier alpha value is -0.880. The van der Waals surface area contributed by atoms with Gasteiger partial charge in [0.15, 0.2) is 0 Å². The van der Waals surface area contributed by atoms with Crippen molar-refractivity contribution in [2.24, 2.45) is 0 Å². The van der Waals surface area contributed by atoms with Crippen LogP contribution >= 0.6 is 31.9 Å². The number of rotatable bonds is 3. The summed E-state index contributed by atoms with van der Waals surface area (Å²) in [6, 6.07) is 4.75. The molecule has 0 N–H and O–H groups in total. The van der Waals surface area contributed by atoms with Gasteiger partial charge in [-0.2, -0.15) is 0 Å². The molecule has 6 heteroatoms. The minimum atomic E-state index is -0.481. The van der Waals surface area contributed by atoms with Crippen LogP contribution in [0.5, 0.6) is 5.75 Å². The second-order valence-corrected chi connectivity index (χ2v) is 6.20. The van der Waals surface area contributed by atoms with Gasteiger partial charge in [-0.05, 0) is 12.1 Å². The smallest absolute Gasteiger partial charge is 0.337 e. The van der Waals surface area contributed by atoms with Crippen LogP contribution in [0, 0.1) is 0 Å². The Morgan fingerprint density at radius 2 is 1.94 bits per heavy atom. The Morgan fingerprint density at radius 3 is 2.41 bits per heavy atom. The average Bonchev–Trinajstić information content (AvgIpc) is 2.26. The molecule has 0 fully saturated rings. The molecule has 0 saturated carbocycles. The standard InChI is InChI=1S/C11H10Br2O4/c1-6(14)17-9-5-7(11(15)16-2)3-4-8(9)10(12)13/h3-5,10H,1-2H3. The number of alkyl halides is 2. The van der Waals surface area contributed by atoms with Crippen molar-refractivity contribution in [1.29, 1.82) is 0 Å². The predicted molar refractivity (Wildman–Crippen MR) is 69.7 cm³/mol. The molecule has 0 bridgehead atoms. The largest absolute Gasteiger partial charge is 0.465 e. The van der Waals surface area contributed by atoms with Crippen molar-refractivity contribution in [3.8, 4) is 5.75 Å². The zero-order valence-corrected chi connectivity index (χ0v) is 12.4. The number of halogens is 2. The molecule has 1 aromatic carbocycles. The molecule has 0 spiro atoms. The SMILES string of the molecule is COC(=O)c1ccc(C(Br)Br)c(OC(C)=O)c1. The molecule has 92 valence electrons. The molecule has 0 aliphatic carbocycles. The van der Waals surface area contributed by atoms with Crippen molar-refractivity contribution in [2.45, 2.75) is 10.7 Å². The quantitative estimate of drug-likeness (QED) is 0.469. The number of carbonyl (C=O) groups is 2. The van der Waals surface area contributed by atoms with E-state index < -0.39 is 11.9 Å². The molecule has 17 heavy (non-hydrogen) atoms. The molecular weight excluding hydrogens is 356 g/mol. The van der Waals surface area contributed by atoms with E-state index in [9.17, 15) is 9.59 Å². The molecule has 0 aromatic heterocycles. The zero-order chi connectivity index (χ0) is 13.0. The van der Waals surface area contributed by atoms with Crippen LogP contribution in [0.2, 0.25) is 0 Å². The fourth-order valence-electron chi connectivity index (χ4n) is 1.20. The van der Waals surface area contributed by atoms with Crippen molar-refractivity contribution >= 4 is 43.8 Å². The van der Waals surface area contributed by atoms with Crippen LogP contribution in [0.25, 0.3) is 0 Å². The van der Waals surface area contributed by atoms with Gasteiger partial charge < -0.3 is 9.47 Å². The number of methoxy groups -OCH3 is 1. The molecule has 0 aliphatic rings. The first-order valence-corrected chi connectivity index (χ1v) is 6.47. The fourth-order valence-corrected chi connectivity index (χ4v) is 1.96. The van der Waals surface area contributed by atoms with Gasteiger partial charge in [0, 0.05) is 12.5 Å². The molecule has 0 radical (unpaired) electrons. The van der Waals surface area contributed by atoms with E-state index in [0.717, 1.165) is 0 Å². The third-order valence-electron chi connectivity index (χ3n) is 1.92. The highest BCUT2D eigenvalue weighted by Crippen LogP contribution is 2.36. The maximum Gasteiger partial charge on any atom is 0.337 e. The van der Waals surface area contributed by atoms with Crippen LogP contribution in [0.4, 0.5) is 0 Å². The monoisotopic (exact) mass is 364 g/mol. The normalized spacial score (nSPS) is 10.2. The summed E-state index contributed by atoms with van der Waals surface area (Å²) in [7, 11) is 1.29. The third-order valence-corrected chi connectivity index (χ3v) is 2.91. The van der Waals surface area contributed by atoms with Crippen LogP contribution in [0.15, 0.2) is 18.2 Å². The molecule has 0 atom stereocenters. The number of benzene rings is 1. The molecule has 0 aliphatic heterocycles. The van der Waals surface area contributed by atoms with E-state index >= 15 is 0 Å². The maximum atomic E-state index is 11.3. The van der Waals surface area contributed by atoms with Gasteiger partial charge in [-0.3, -0.25) is 4.79 Å². The summed E-state index contributed by atoms with van der Waals surface area (Å²) < 4.78 is 9.46. The summed E-state index contributed by atoms with van der Waals surface area (Å²) in [5, 5.41) is 0. The Balaban J connectivity index is 3.18. The van der Waals surface area contributed by atoms with Gasteiger partial charge in [0.1, 0.15) is 5.75 Å². The lowest BCUT2D eigenvalue weighted by atomic mass is 10.1. The number of hydrogen-bond acceptors (Lipinski definition) is 4. The number of hydrogen-bond donors (Lipinski definition) is 0. The lowest BCUT2D eigenvalue weighted by Gasteiger charge is -2.11. The minimum absolute atomic E-state index is 0.170. The van der Waals surface area contributed by atoms with Gasteiger partial charge in [-0.15, -0.1) is 0 Å². The Morgan fingerprint density at radius 1 is 1.29 bits per heavy atom. The van der Waals surface area contributed by atoms with Crippen molar-refractivity contribution in [2.75, 3.05) is 7.11 Å². The predicted octanol–water partition coefficient (Wildman–Crippen LogP) is 3.19. The lowest BCUT2D eigenvalue weighted by Crippen LogP contribution is -2.07. The highest BCUT2D eigenvalue weighted by molar-refractivity contribution is 9.24. The van der Waals surface area contributed by atoms with Gasteiger partial charge in [-0.1, -0.05) is 37.9 Å². The van der Waals surface area contributed by atoms with Crippen LogP contribution in [0.1, 0.15) is 26.6 Å². The van der Waals surface area contributed by atoms with E-state index in [4.69, 9.17) is 4.74 Å². The van der Waals surface area contributed by atoms with E-state index in [-0.39, 0.29) is 3.74 Å². The van der Waals surface area contributed by atoms with E-state index in [0.29, 0.717) is 16.9 Å². The Bertz CT molecular complexity index is 443. The summed E-state index contributed by atoms with van der Waals surface area (Å²) >= 11 is 6.62. The average molecular weight is 366 g/mol. The topological polar surface area (TPSA) is 52.6 Å². The first kappa shape index (κ1) is 14.2. The van der Waals surface area contributed by atoms with Crippen LogP contribution in [-0.4, -0.2) is 19.0 Å². The van der Waals surface area contributed by atoms with Gasteiger partial charge in [0.25, 0.3) is 0 Å². The number of esters is 2. The molecule has 0 heterocycles. The zero-order valence-electron chi connectivity index (χ0n) is 9.20. The first-order valence-electron chi connectivity index (χ1n) is 4.64. The lowest BCUT2D eigenvalue weighted by molar-refractivity contribution is -0.131. The molecule has 0 saturated heterocycles. The number of carbonyl (C=O) groups excluding carboxylic acids is 2. The van der Waals surface area contributed by atoms with Crippen LogP contribution < -0.4 is 4.74 Å². The molecule has 0 unspecified atom stereocenters. The summed E-state index contributed by atoms with van der Waals surface area (Å²) in [5.41, 5.74) is 1.04. The third kappa shape index (κ3) is 3.81. The van der Waals surface area contributed by atoms with Crippen molar-refractivity contribution in [1.82, 2.24) is 0 Å². The molecular formula is C11H10Br2O4. The van der Waals surface area contributed by atoms with E-state index in [1.165, 1.54) is 20.1 Å². The van der Waals surface area contributed by atoms with Crippen molar-refractivity contribution in [3.63, 3.8) is 0 Å². The van der Waals surface area contributed by atoms with E-state index in [1.807, 2.05) is 0 Å². The van der Waals surface area contributed by atoms with E-state index in [2.05, 4.69) is 36.6 Å². The highest BCUT2D eigenvalue weighted by Gasteiger charge is 2.15. The Kier molecular flexibility index (Phi) is 5.14. The molecule has 4 nitrogen and oxygen atoms in total. The van der Waals surface area contributed by atoms with E-state index in [1.54, 1.807) is 12.1 Å². The minimum Gasteiger partial charge on any atom is -0.465 e.